The molecule has 0 radical (unpaired) electrons. The molecule has 1 saturated carbocycles. The van der Waals surface area contributed by atoms with Crippen LogP contribution in [0.5, 0.6) is 0 Å². The molecule has 0 aromatic carbocycles. The summed E-state index contributed by atoms with van der Waals surface area (Å²) in [6.07, 6.45) is 7.63. The minimum absolute atomic E-state index is 0.202. The lowest BCUT2D eigenvalue weighted by molar-refractivity contribution is -0.153. The third-order valence-corrected chi connectivity index (χ3v) is 11.9. The molecule has 1 fully saturated rings. The summed E-state index contributed by atoms with van der Waals surface area (Å²) < 4.78 is 39.0. The molecule has 2 heterocycles. The summed E-state index contributed by atoms with van der Waals surface area (Å²) in [6, 6.07) is 0.340. The van der Waals surface area contributed by atoms with Crippen LogP contribution in [-0.2, 0) is 9.16 Å². The first kappa shape index (κ1) is 25.5. The zero-order valence-electron chi connectivity index (χ0n) is 19.8. The van der Waals surface area contributed by atoms with Gasteiger partial charge < -0.3 is 19.0 Å². The predicted molar refractivity (Wildman–Crippen MR) is 130 cm³/mol. The molecule has 1 atom stereocenters. The quantitative estimate of drug-likeness (QED) is 0.381. The molecule has 32 heavy (non-hydrogen) atoms. The van der Waals surface area contributed by atoms with E-state index in [1.807, 2.05) is 0 Å². The van der Waals surface area contributed by atoms with E-state index in [2.05, 4.69) is 80.6 Å². The van der Waals surface area contributed by atoms with E-state index in [1.165, 1.54) is 0 Å². The number of ether oxygens (including phenoxy) is 1. The number of anilines is 1. The summed E-state index contributed by atoms with van der Waals surface area (Å²) in [4.78, 5) is 9.00. The number of alkyl halides is 2. The van der Waals surface area contributed by atoms with Crippen LogP contribution in [0, 0.1) is 0 Å². The van der Waals surface area contributed by atoms with Gasteiger partial charge in [0.2, 0.25) is 5.95 Å². The Morgan fingerprint density at radius 2 is 1.91 bits per heavy atom. The predicted octanol–water partition coefficient (Wildman–Crippen LogP) is 6.74. The van der Waals surface area contributed by atoms with Crippen molar-refractivity contribution in [1.82, 2.24) is 14.5 Å². The van der Waals surface area contributed by atoms with Gasteiger partial charge in [0.25, 0.3) is 0 Å². The van der Waals surface area contributed by atoms with Crippen molar-refractivity contribution >= 4 is 41.2 Å². The van der Waals surface area contributed by atoms with E-state index in [-0.39, 0.29) is 11.6 Å². The highest BCUT2D eigenvalue weighted by atomic mass is 79.9. The highest BCUT2D eigenvalue weighted by molar-refractivity contribution is 9.10. The molecule has 6 nitrogen and oxygen atoms in total. The molecule has 10 heteroatoms. The Kier molecular flexibility index (Phi) is 8.00. The number of hydrogen-bond acceptors (Lipinski definition) is 5. The number of nitrogens with zero attached hydrogens (tertiary/aromatic N) is 3. The van der Waals surface area contributed by atoms with Crippen molar-refractivity contribution in [2.75, 3.05) is 11.9 Å². The average Bonchev–Trinajstić information content (AvgIpc) is 3.01. The van der Waals surface area contributed by atoms with Crippen LogP contribution in [0.3, 0.4) is 0 Å². The Morgan fingerprint density at radius 3 is 2.50 bits per heavy atom. The van der Waals surface area contributed by atoms with Crippen molar-refractivity contribution in [2.24, 2.45) is 0 Å². The molecule has 0 aliphatic heterocycles. The fourth-order valence-corrected chi connectivity index (χ4v) is 5.77. The van der Waals surface area contributed by atoms with E-state index < -0.39 is 21.0 Å². The molecule has 180 valence electrons. The average molecular weight is 534 g/mol. The molecule has 1 aliphatic carbocycles. The van der Waals surface area contributed by atoms with Gasteiger partial charge >= 0.3 is 6.61 Å². The highest BCUT2D eigenvalue weighted by Crippen LogP contribution is 2.41. The van der Waals surface area contributed by atoms with Gasteiger partial charge in [0.1, 0.15) is 5.65 Å². The largest absolute Gasteiger partial charge is 0.414 e. The fourth-order valence-electron chi connectivity index (χ4n) is 3.85. The Bertz CT molecular complexity index is 911. The summed E-state index contributed by atoms with van der Waals surface area (Å²) >= 11 is 3.63. The number of halogens is 3. The van der Waals surface area contributed by atoms with Crippen LogP contribution in [0.25, 0.3) is 11.0 Å². The molecule has 2 aromatic rings. The van der Waals surface area contributed by atoms with Gasteiger partial charge in [-0.3, -0.25) is 0 Å². The zero-order chi connectivity index (χ0) is 23.7. The molecular formula is C22H35BrF2N4O2Si. The number of hydrogen-bond donors (Lipinski definition) is 1. The van der Waals surface area contributed by atoms with Crippen LogP contribution < -0.4 is 5.32 Å². The molecule has 1 N–H and O–H groups in total. The number of aromatic nitrogens is 3. The van der Waals surface area contributed by atoms with Crippen molar-refractivity contribution < 1.29 is 17.9 Å². The first-order valence-corrected chi connectivity index (χ1v) is 15.0. The van der Waals surface area contributed by atoms with Crippen LogP contribution >= 0.6 is 15.9 Å². The Labute approximate surface area is 198 Å². The number of rotatable bonds is 8. The molecule has 1 aliphatic rings. The summed E-state index contributed by atoms with van der Waals surface area (Å²) in [7, 11) is -1.77. The fraction of sp³-hybridized carbons (Fsp3) is 0.727. The van der Waals surface area contributed by atoms with E-state index >= 15 is 0 Å². The summed E-state index contributed by atoms with van der Waals surface area (Å²) in [5.74, 6) is 0.406. The van der Waals surface area contributed by atoms with Crippen molar-refractivity contribution in [1.29, 1.82) is 0 Å². The van der Waals surface area contributed by atoms with E-state index in [4.69, 9.17) is 4.43 Å². The second kappa shape index (κ2) is 10.0. The molecular weight excluding hydrogens is 498 g/mol. The summed E-state index contributed by atoms with van der Waals surface area (Å²) in [5, 5.41) is 4.15. The normalized spacial score (nSPS) is 21.3. The van der Waals surface area contributed by atoms with Gasteiger partial charge in [-0.25, -0.2) is 4.98 Å². The lowest BCUT2D eigenvalue weighted by Gasteiger charge is -2.41. The summed E-state index contributed by atoms with van der Waals surface area (Å²) in [5.41, 5.74) is 0.838. The van der Waals surface area contributed by atoms with Gasteiger partial charge in [-0.15, -0.1) is 0 Å². The molecule has 0 bridgehead atoms. The minimum atomic E-state index is -2.79. The molecule has 0 amide bonds. The standard InChI is InChI=1S/C22H35BrF2N4O2Si/c1-14(30-20(24)25)11-26-21-27-12-17-18(23)13-29(19(17)28-21)15-7-9-16(10-8-15)31-32(5,6)22(2,3)4/h12-16,20H,7-11H2,1-6H3,(H,26,27,28). The maximum Gasteiger partial charge on any atom is 0.345 e. The molecule has 0 saturated heterocycles. The first-order valence-electron chi connectivity index (χ1n) is 11.3. The van der Waals surface area contributed by atoms with Crippen LogP contribution in [0.2, 0.25) is 18.1 Å². The second-order valence-electron chi connectivity index (χ2n) is 10.2. The first-order chi connectivity index (χ1) is 14.9. The van der Waals surface area contributed by atoms with Crippen LogP contribution in [-0.4, -0.2) is 48.2 Å². The maximum absolute atomic E-state index is 12.4. The number of fused-ring (bicyclic) bond motifs is 1. The Morgan fingerprint density at radius 1 is 1.25 bits per heavy atom. The topological polar surface area (TPSA) is 61.2 Å². The van der Waals surface area contributed by atoms with Crippen LogP contribution in [0.15, 0.2) is 16.9 Å². The highest BCUT2D eigenvalue weighted by Gasteiger charge is 2.40. The zero-order valence-corrected chi connectivity index (χ0v) is 22.4. The number of nitrogens with one attached hydrogen (secondary N) is 1. The third-order valence-electron chi connectivity index (χ3n) is 6.71. The van der Waals surface area contributed by atoms with Crippen molar-refractivity contribution in [3.05, 3.63) is 16.9 Å². The van der Waals surface area contributed by atoms with Gasteiger partial charge in [0.05, 0.1) is 11.5 Å². The lowest BCUT2D eigenvalue weighted by Crippen LogP contribution is -2.44. The minimum Gasteiger partial charge on any atom is -0.414 e. The van der Waals surface area contributed by atoms with E-state index in [0.29, 0.717) is 18.1 Å². The Balaban J connectivity index is 1.68. The van der Waals surface area contributed by atoms with Crippen LogP contribution in [0.1, 0.15) is 59.4 Å². The SMILES string of the molecule is CC(CNc1ncc2c(Br)cn(C3CCC(O[Si](C)(C)C(C)(C)C)CC3)c2n1)OC(F)F. The van der Waals surface area contributed by atoms with E-state index in [0.717, 1.165) is 41.2 Å². The van der Waals surface area contributed by atoms with Gasteiger partial charge in [-0.2, -0.15) is 13.8 Å². The smallest absolute Gasteiger partial charge is 0.345 e. The molecule has 1 unspecified atom stereocenters. The maximum atomic E-state index is 12.4. The third kappa shape index (κ3) is 6.06. The second-order valence-corrected chi connectivity index (χ2v) is 15.8. The van der Waals surface area contributed by atoms with E-state index in [1.54, 1.807) is 13.1 Å². The van der Waals surface area contributed by atoms with Gasteiger partial charge in [0, 0.05) is 35.6 Å². The molecule has 2 aromatic heterocycles. The molecule has 0 spiro atoms. The van der Waals surface area contributed by atoms with Gasteiger partial charge in [-0.05, 0) is 66.7 Å². The van der Waals surface area contributed by atoms with Gasteiger partial charge in [0.15, 0.2) is 8.32 Å². The molecule has 3 rings (SSSR count). The van der Waals surface area contributed by atoms with E-state index in [9.17, 15) is 8.78 Å². The Hall–Kier alpha value is -1.10. The lowest BCUT2D eigenvalue weighted by atomic mass is 9.93. The van der Waals surface area contributed by atoms with Crippen molar-refractivity contribution in [2.45, 2.75) is 96.4 Å². The monoisotopic (exact) mass is 532 g/mol. The van der Waals surface area contributed by atoms with Crippen LogP contribution in [0.4, 0.5) is 14.7 Å². The van der Waals surface area contributed by atoms with Crippen molar-refractivity contribution in [3.63, 3.8) is 0 Å². The van der Waals surface area contributed by atoms with Gasteiger partial charge in [-0.1, -0.05) is 20.8 Å². The summed E-state index contributed by atoms with van der Waals surface area (Å²) in [6.45, 7) is 10.5. The van der Waals surface area contributed by atoms with Crippen molar-refractivity contribution in [3.8, 4) is 0 Å².